The average molecular weight is 600 g/mol. The molecule has 2 aromatic carbocycles. The minimum absolute atomic E-state index is 0.00557. The molecule has 3 aromatic rings. The van der Waals surface area contributed by atoms with Gasteiger partial charge in [0.1, 0.15) is 22.8 Å². The molecule has 2 amide bonds. The van der Waals surface area contributed by atoms with E-state index in [4.69, 9.17) is 10.2 Å². The van der Waals surface area contributed by atoms with Gasteiger partial charge in [0.15, 0.2) is 17.1 Å². The van der Waals surface area contributed by atoms with Gasteiger partial charge in [-0.2, -0.15) is 0 Å². The number of likely N-dealkylation sites (N-methyl/N-ethyl adjacent to an activating group) is 1. The smallest absolute Gasteiger partial charge is 0.291 e. The highest BCUT2D eigenvalue weighted by Gasteiger charge is 2.64. The highest BCUT2D eigenvalue weighted by atomic mass is 16.4. The van der Waals surface area contributed by atoms with Crippen LogP contribution in [0, 0.1) is 11.8 Å². The summed E-state index contributed by atoms with van der Waals surface area (Å²) < 4.78 is 5.12. The van der Waals surface area contributed by atoms with E-state index in [0.29, 0.717) is 22.4 Å². The minimum Gasteiger partial charge on any atom is -0.508 e. The van der Waals surface area contributed by atoms with Crippen LogP contribution in [0.1, 0.15) is 28.1 Å². The lowest BCUT2D eigenvalue weighted by Crippen LogP contribution is -2.65. The van der Waals surface area contributed by atoms with E-state index in [1.165, 1.54) is 23.3 Å². The molecule has 3 aliphatic rings. The molecule has 0 unspecified atom stereocenters. The van der Waals surface area contributed by atoms with Gasteiger partial charge in [0.05, 0.1) is 17.9 Å². The standard InChI is InChI=1S/C32H29N3O9/c1-35(2)25-19-13-15-12-18-17(14-5-7-16(8-6-14)34-31(42)21-4-3-11-44-21)9-10-20(36)23(18)26(37)22(15)28(39)32(19,43)29(40)24(27(25)38)30(33)41/h3-11,15,19,25,36-37,40,43H,12-13H2,1-2H3,(H2,33,41)(H,34,42)/t15-,19-,25+,32-/m0/s1. The van der Waals surface area contributed by atoms with E-state index >= 15 is 0 Å². The van der Waals surface area contributed by atoms with E-state index in [2.05, 4.69) is 5.32 Å². The summed E-state index contributed by atoms with van der Waals surface area (Å²) in [4.78, 5) is 53.2. The van der Waals surface area contributed by atoms with Crippen molar-refractivity contribution in [1.82, 2.24) is 4.90 Å². The number of hydrogen-bond donors (Lipinski definition) is 6. The first kappa shape index (κ1) is 28.9. The Hall–Kier alpha value is -5.20. The number of aliphatic hydroxyl groups is 3. The van der Waals surface area contributed by atoms with Crippen molar-refractivity contribution in [2.75, 3.05) is 19.4 Å². The van der Waals surface area contributed by atoms with Crippen LogP contribution in [0.5, 0.6) is 5.75 Å². The molecule has 1 fully saturated rings. The van der Waals surface area contributed by atoms with Crippen LogP contribution < -0.4 is 11.1 Å². The van der Waals surface area contributed by atoms with Crippen molar-refractivity contribution in [3.63, 3.8) is 0 Å². The van der Waals surface area contributed by atoms with Crippen LogP contribution in [0.4, 0.5) is 5.69 Å². The summed E-state index contributed by atoms with van der Waals surface area (Å²) in [5.74, 6) is -7.32. The second-order valence-corrected chi connectivity index (χ2v) is 11.5. The van der Waals surface area contributed by atoms with E-state index in [1.807, 2.05) is 0 Å². The SMILES string of the molecule is CN(C)[C@H]1C(=O)C(C(N)=O)=C(O)[C@@]2(O)C(=O)C3=C(O)c4c(O)ccc(-c5ccc(NC(=O)c6ccco6)cc5)c4C[C@H]3C[C@@H]12. The molecular weight excluding hydrogens is 570 g/mol. The van der Waals surface area contributed by atoms with Crippen LogP contribution in [0.25, 0.3) is 16.9 Å². The number of Topliss-reactive ketones (excluding diaryl/α,β-unsaturated/α-hetero) is 2. The number of anilines is 1. The lowest BCUT2D eigenvalue weighted by atomic mass is 9.57. The van der Waals surface area contributed by atoms with Gasteiger partial charge in [-0.25, -0.2) is 0 Å². The topological polar surface area (TPSA) is 204 Å². The van der Waals surface area contributed by atoms with Crippen LogP contribution >= 0.6 is 0 Å². The Kier molecular flexibility index (Phi) is 6.71. The molecule has 0 radical (unpaired) electrons. The predicted octanol–water partition coefficient (Wildman–Crippen LogP) is 2.48. The van der Waals surface area contributed by atoms with Gasteiger partial charge in [0, 0.05) is 17.2 Å². The first-order valence-electron chi connectivity index (χ1n) is 13.8. The Balaban J connectivity index is 1.43. The third-order valence-corrected chi connectivity index (χ3v) is 8.80. The van der Waals surface area contributed by atoms with Gasteiger partial charge >= 0.3 is 0 Å². The van der Waals surface area contributed by atoms with Crippen molar-refractivity contribution in [3.05, 3.63) is 88.6 Å². The number of amides is 2. The van der Waals surface area contributed by atoms with Gasteiger partial charge in [-0.1, -0.05) is 18.2 Å². The van der Waals surface area contributed by atoms with Crippen LogP contribution in [-0.2, 0) is 20.8 Å². The number of nitrogens with one attached hydrogen (secondary N) is 1. The van der Waals surface area contributed by atoms with Crippen LogP contribution in [0.15, 0.2) is 76.1 Å². The molecule has 226 valence electrons. The van der Waals surface area contributed by atoms with E-state index < -0.39 is 64.0 Å². The zero-order chi connectivity index (χ0) is 31.7. The number of nitrogens with zero attached hydrogens (tertiary/aromatic N) is 1. The molecule has 0 aliphatic heterocycles. The van der Waals surface area contributed by atoms with Crippen LogP contribution in [0.3, 0.4) is 0 Å². The van der Waals surface area contributed by atoms with Crippen LogP contribution in [0.2, 0.25) is 0 Å². The van der Waals surface area contributed by atoms with Crippen molar-refractivity contribution >= 4 is 34.8 Å². The monoisotopic (exact) mass is 599 g/mol. The molecule has 0 bridgehead atoms. The lowest BCUT2D eigenvalue weighted by Gasteiger charge is -2.50. The summed E-state index contributed by atoms with van der Waals surface area (Å²) in [6, 6.07) is 11.9. The molecule has 44 heavy (non-hydrogen) atoms. The fraction of sp³-hybridized carbons (Fsp3) is 0.250. The number of primary amides is 1. The van der Waals surface area contributed by atoms with Gasteiger partial charge in [-0.15, -0.1) is 0 Å². The molecule has 6 rings (SSSR count). The summed E-state index contributed by atoms with van der Waals surface area (Å²) in [6.45, 7) is 0. The zero-order valence-corrected chi connectivity index (χ0v) is 23.7. The summed E-state index contributed by atoms with van der Waals surface area (Å²) in [5.41, 5.74) is 3.95. The van der Waals surface area contributed by atoms with E-state index in [9.17, 15) is 39.6 Å². The minimum atomic E-state index is -2.70. The number of aliphatic hydroxyl groups excluding tert-OH is 2. The number of aromatic hydroxyl groups is 1. The lowest BCUT2D eigenvalue weighted by molar-refractivity contribution is -0.153. The maximum atomic E-state index is 14.0. The maximum Gasteiger partial charge on any atom is 0.291 e. The first-order valence-corrected chi connectivity index (χ1v) is 13.8. The number of carbonyl (C=O) groups is 4. The summed E-state index contributed by atoms with van der Waals surface area (Å²) >= 11 is 0. The van der Waals surface area contributed by atoms with Crippen molar-refractivity contribution in [1.29, 1.82) is 0 Å². The summed E-state index contributed by atoms with van der Waals surface area (Å²) in [7, 11) is 3.09. The van der Waals surface area contributed by atoms with Crippen LogP contribution in [-0.4, -0.2) is 74.4 Å². The second-order valence-electron chi connectivity index (χ2n) is 11.5. The van der Waals surface area contributed by atoms with E-state index in [-0.39, 0.29) is 35.5 Å². The number of rotatable bonds is 5. The van der Waals surface area contributed by atoms with Gasteiger partial charge in [0.2, 0.25) is 5.78 Å². The highest BCUT2D eigenvalue weighted by molar-refractivity contribution is 6.24. The fourth-order valence-electron chi connectivity index (χ4n) is 6.85. The normalized spacial score (nSPS) is 24.6. The molecule has 1 saturated carbocycles. The van der Waals surface area contributed by atoms with Crippen molar-refractivity contribution < 1.29 is 44.0 Å². The Bertz CT molecular complexity index is 1800. The number of phenolic OH excluding ortho intramolecular Hbond substituents is 1. The van der Waals surface area contributed by atoms with Gasteiger partial charge in [-0.05, 0) is 79.9 Å². The number of carbonyl (C=O) groups excluding carboxylic acids is 4. The molecule has 0 saturated heterocycles. The summed E-state index contributed by atoms with van der Waals surface area (Å²) in [5, 5.41) is 47.8. The van der Waals surface area contributed by atoms with Gasteiger partial charge in [0.25, 0.3) is 11.8 Å². The third-order valence-electron chi connectivity index (χ3n) is 8.80. The zero-order valence-electron chi connectivity index (χ0n) is 23.7. The number of fused-ring (bicyclic) bond motifs is 3. The molecule has 7 N–H and O–H groups in total. The molecule has 1 heterocycles. The molecular formula is C32H29N3O9. The average Bonchev–Trinajstić information content (AvgIpc) is 3.51. The first-order chi connectivity index (χ1) is 20.9. The van der Waals surface area contributed by atoms with Crippen molar-refractivity contribution in [2.24, 2.45) is 17.6 Å². The maximum absolute atomic E-state index is 14.0. The van der Waals surface area contributed by atoms with E-state index in [0.717, 1.165) is 0 Å². The predicted molar refractivity (Wildman–Crippen MR) is 156 cm³/mol. The van der Waals surface area contributed by atoms with Gasteiger partial charge in [-0.3, -0.25) is 24.1 Å². The molecule has 12 heteroatoms. The number of furan rings is 1. The third kappa shape index (κ3) is 4.13. The van der Waals surface area contributed by atoms with Gasteiger partial charge < -0.3 is 35.9 Å². The molecule has 1 aromatic heterocycles. The highest BCUT2D eigenvalue weighted by Crippen LogP contribution is 2.53. The number of ketones is 2. The Morgan fingerprint density at radius 3 is 2.36 bits per heavy atom. The summed E-state index contributed by atoms with van der Waals surface area (Å²) in [6.07, 6.45) is 1.53. The largest absolute Gasteiger partial charge is 0.508 e. The molecule has 3 aliphatic carbocycles. The number of nitrogens with two attached hydrogens (primary N) is 1. The Labute approximate surface area is 250 Å². The van der Waals surface area contributed by atoms with Crippen molar-refractivity contribution in [2.45, 2.75) is 24.5 Å². The molecule has 12 nitrogen and oxygen atoms in total. The number of phenols is 1. The Morgan fingerprint density at radius 1 is 1.05 bits per heavy atom. The fourth-order valence-corrected chi connectivity index (χ4v) is 6.85. The molecule has 4 atom stereocenters. The van der Waals surface area contributed by atoms with Crippen molar-refractivity contribution in [3.8, 4) is 16.9 Å². The quantitative estimate of drug-likeness (QED) is 0.236. The molecule has 0 spiro atoms. The second kappa shape index (κ2) is 10.2. The van der Waals surface area contributed by atoms with E-state index in [1.54, 1.807) is 50.5 Å². The Morgan fingerprint density at radius 2 is 1.75 bits per heavy atom. The number of benzene rings is 2. The number of hydrogen-bond acceptors (Lipinski definition) is 10.